The Morgan fingerprint density at radius 2 is 1.48 bits per heavy atom. The maximum atomic E-state index is 13.2. The van der Waals surface area contributed by atoms with Crippen LogP contribution in [0.1, 0.15) is 22.8 Å². The zero-order chi connectivity index (χ0) is 20.7. The lowest BCUT2D eigenvalue weighted by atomic mass is 10.1. The van der Waals surface area contributed by atoms with Gasteiger partial charge < -0.3 is 5.11 Å². The van der Waals surface area contributed by atoms with E-state index in [2.05, 4.69) is 0 Å². The second-order valence-corrected chi connectivity index (χ2v) is 8.82. The number of aliphatic hydroxyl groups excluding tert-OH is 1. The third-order valence-electron chi connectivity index (χ3n) is 4.63. The van der Waals surface area contributed by atoms with Gasteiger partial charge in [0.1, 0.15) is 0 Å². The van der Waals surface area contributed by atoms with Crippen molar-refractivity contribution in [3.8, 4) is 0 Å². The van der Waals surface area contributed by atoms with Crippen molar-refractivity contribution in [3.05, 3.63) is 114 Å². The fourth-order valence-electron chi connectivity index (χ4n) is 2.96. The van der Waals surface area contributed by atoms with E-state index < -0.39 is 16.1 Å². The van der Waals surface area contributed by atoms with Crippen LogP contribution in [0.4, 0.5) is 0 Å². The van der Waals surface area contributed by atoms with Crippen LogP contribution in [-0.4, -0.2) is 24.4 Å². The number of hydrogen-bond donors (Lipinski definition) is 1. The standard InChI is InChI=1S/C24H25NO3S/c1-20-14-16-23(17-15-20)29(27,28)25(19-21-9-4-2-5-10-21)18-8-13-24(26)22-11-6-3-7-12-22/h2-17,24,26H,18-19H2,1H3/b13-8-. The summed E-state index contributed by atoms with van der Waals surface area (Å²) in [6.07, 6.45) is 2.54. The highest BCUT2D eigenvalue weighted by Crippen LogP contribution is 2.20. The van der Waals surface area contributed by atoms with Crippen LogP contribution in [0.25, 0.3) is 0 Å². The van der Waals surface area contributed by atoms with Gasteiger partial charge in [0, 0.05) is 13.1 Å². The molecular weight excluding hydrogens is 382 g/mol. The topological polar surface area (TPSA) is 57.6 Å². The zero-order valence-electron chi connectivity index (χ0n) is 16.3. The lowest BCUT2D eigenvalue weighted by Gasteiger charge is -2.21. The normalized spacial score (nSPS) is 13.1. The highest BCUT2D eigenvalue weighted by Gasteiger charge is 2.23. The third kappa shape index (κ3) is 5.64. The van der Waals surface area contributed by atoms with Crippen molar-refractivity contribution in [1.82, 2.24) is 4.31 Å². The number of aliphatic hydroxyl groups is 1. The summed E-state index contributed by atoms with van der Waals surface area (Å²) in [5, 5.41) is 10.3. The Hall–Kier alpha value is -2.73. The predicted molar refractivity (Wildman–Crippen MR) is 116 cm³/mol. The second kappa shape index (κ2) is 9.65. The molecule has 0 spiro atoms. The lowest BCUT2D eigenvalue weighted by Crippen LogP contribution is -2.31. The third-order valence-corrected chi connectivity index (χ3v) is 6.45. The molecule has 0 amide bonds. The van der Waals surface area contributed by atoms with Crippen LogP contribution in [0.5, 0.6) is 0 Å². The fourth-order valence-corrected chi connectivity index (χ4v) is 4.34. The first kappa shape index (κ1) is 21.0. The molecule has 0 aliphatic heterocycles. The van der Waals surface area contributed by atoms with Crippen LogP contribution in [0.3, 0.4) is 0 Å². The van der Waals surface area contributed by atoms with Crippen molar-refractivity contribution < 1.29 is 13.5 Å². The minimum atomic E-state index is -3.68. The quantitative estimate of drug-likeness (QED) is 0.560. The van der Waals surface area contributed by atoms with E-state index in [1.54, 1.807) is 36.4 Å². The minimum absolute atomic E-state index is 0.162. The molecule has 150 valence electrons. The monoisotopic (exact) mass is 407 g/mol. The summed E-state index contributed by atoms with van der Waals surface area (Å²) in [4.78, 5) is 0.260. The molecule has 0 aliphatic rings. The SMILES string of the molecule is Cc1ccc(S(=O)(=O)N(C/C=C\C(O)c2ccccc2)Cc2ccccc2)cc1. The Morgan fingerprint density at radius 1 is 0.897 bits per heavy atom. The van der Waals surface area contributed by atoms with E-state index in [1.807, 2.05) is 67.6 Å². The van der Waals surface area contributed by atoms with Gasteiger partial charge in [0.05, 0.1) is 11.0 Å². The molecule has 0 radical (unpaired) electrons. The zero-order valence-corrected chi connectivity index (χ0v) is 17.2. The molecule has 1 N–H and O–H groups in total. The number of benzene rings is 3. The molecule has 0 heterocycles. The number of rotatable bonds is 8. The first-order chi connectivity index (χ1) is 14.0. The van der Waals surface area contributed by atoms with E-state index in [4.69, 9.17) is 0 Å². The molecule has 0 bridgehead atoms. The summed E-state index contributed by atoms with van der Waals surface area (Å²) in [5.74, 6) is 0. The summed E-state index contributed by atoms with van der Waals surface area (Å²) < 4.78 is 27.9. The van der Waals surface area contributed by atoms with Gasteiger partial charge in [0.2, 0.25) is 10.0 Å². The van der Waals surface area contributed by atoms with Gasteiger partial charge in [-0.15, -0.1) is 0 Å². The summed E-state index contributed by atoms with van der Waals surface area (Å²) in [7, 11) is -3.68. The highest BCUT2D eigenvalue weighted by atomic mass is 32.2. The van der Waals surface area contributed by atoms with Gasteiger partial charge in [-0.25, -0.2) is 8.42 Å². The maximum Gasteiger partial charge on any atom is 0.243 e. The van der Waals surface area contributed by atoms with Crippen LogP contribution in [0.15, 0.2) is 102 Å². The number of nitrogens with zero attached hydrogens (tertiary/aromatic N) is 1. The summed E-state index contributed by atoms with van der Waals surface area (Å²) in [6.45, 7) is 2.34. The van der Waals surface area contributed by atoms with Crippen molar-refractivity contribution in [2.75, 3.05) is 6.54 Å². The summed E-state index contributed by atoms with van der Waals surface area (Å²) in [5.41, 5.74) is 2.67. The van der Waals surface area contributed by atoms with Gasteiger partial charge in [-0.3, -0.25) is 0 Å². The van der Waals surface area contributed by atoms with E-state index in [0.717, 1.165) is 16.7 Å². The molecule has 3 aromatic carbocycles. The molecule has 0 fully saturated rings. The molecule has 0 aliphatic carbocycles. The summed E-state index contributed by atoms with van der Waals surface area (Å²) in [6, 6.07) is 25.6. The Balaban J connectivity index is 1.83. The first-order valence-corrected chi connectivity index (χ1v) is 10.9. The number of sulfonamides is 1. The maximum absolute atomic E-state index is 13.2. The van der Waals surface area contributed by atoms with Gasteiger partial charge in [0.25, 0.3) is 0 Å². The largest absolute Gasteiger partial charge is 0.384 e. The van der Waals surface area contributed by atoms with Crippen molar-refractivity contribution in [2.24, 2.45) is 0 Å². The molecule has 3 rings (SSSR count). The Morgan fingerprint density at radius 3 is 2.10 bits per heavy atom. The molecule has 3 aromatic rings. The smallest absolute Gasteiger partial charge is 0.243 e. The highest BCUT2D eigenvalue weighted by molar-refractivity contribution is 7.89. The molecule has 1 unspecified atom stereocenters. The van der Waals surface area contributed by atoms with Crippen LogP contribution in [-0.2, 0) is 16.6 Å². The minimum Gasteiger partial charge on any atom is -0.384 e. The molecule has 1 atom stereocenters. The molecule has 0 saturated heterocycles. The Bertz CT molecular complexity index is 1030. The van der Waals surface area contributed by atoms with Gasteiger partial charge in [0.15, 0.2) is 0 Å². The van der Waals surface area contributed by atoms with E-state index in [9.17, 15) is 13.5 Å². The van der Waals surface area contributed by atoms with Crippen LogP contribution in [0.2, 0.25) is 0 Å². The molecule has 5 heteroatoms. The van der Waals surface area contributed by atoms with E-state index >= 15 is 0 Å². The number of aryl methyl sites for hydroxylation is 1. The van der Waals surface area contributed by atoms with Crippen molar-refractivity contribution in [3.63, 3.8) is 0 Å². The van der Waals surface area contributed by atoms with E-state index in [0.29, 0.717) is 0 Å². The van der Waals surface area contributed by atoms with Crippen LogP contribution >= 0.6 is 0 Å². The van der Waals surface area contributed by atoms with Gasteiger partial charge >= 0.3 is 0 Å². The van der Waals surface area contributed by atoms with E-state index in [1.165, 1.54) is 4.31 Å². The van der Waals surface area contributed by atoms with E-state index in [-0.39, 0.29) is 18.0 Å². The van der Waals surface area contributed by atoms with Crippen LogP contribution in [0, 0.1) is 6.92 Å². The second-order valence-electron chi connectivity index (χ2n) is 6.88. The molecule has 0 aromatic heterocycles. The molecule has 29 heavy (non-hydrogen) atoms. The van der Waals surface area contributed by atoms with Crippen molar-refractivity contribution in [2.45, 2.75) is 24.5 Å². The van der Waals surface area contributed by atoms with Crippen molar-refractivity contribution >= 4 is 10.0 Å². The summed E-state index contributed by atoms with van der Waals surface area (Å²) >= 11 is 0. The molecule has 0 saturated carbocycles. The molecular formula is C24H25NO3S. The van der Waals surface area contributed by atoms with Gasteiger partial charge in [-0.2, -0.15) is 4.31 Å². The Labute approximate surface area is 172 Å². The fraction of sp³-hybridized carbons (Fsp3) is 0.167. The Kier molecular flexibility index (Phi) is 6.99. The van der Waals surface area contributed by atoms with Gasteiger partial charge in [-0.1, -0.05) is 90.5 Å². The average Bonchev–Trinajstić information content (AvgIpc) is 2.74. The van der Waals surface area contributed by atoms with Crippen molar-refractivity contribution in [1.29, 1.82) is 0 Å². The predicted octanol–water partition coefficient (Wildman–Crippen LogP) is 4.48. The number of hydrogen-bond acceptors (Lipinski definition) is 3. The lowest BCUT2D eigenvalue weighted by molar-refractivity contribution is 0.228. The van der Waals surface area contributed by atoms with Gasteiger partial charge in [-0.05, 0) is 30.2 Å². The van der Waals surface area contributed by atoms with Crippen LogP contribution < -0.4 is 0 Å². The molecule has 4 nitrogen and oxygen atoms in total. The first-order valence-electron chi connectivity index (χ1n) is 9.47. The average molecular weight is 408 g/mol.